The highest BCUT2D eigenvalue weighted by Crippen LogP contribution is 2.18. The maximum Gasteiger partial charge on any atom is 0.350 e. The lowest BCUT2D eigenvalue weighted by molar-refractivity contribution is -0.0407. The van der Waals surface area contributed by atoms with Crippen molar-refractivity contribution in [1.82, 2.24) is 9.80 Å². The predicted octanol–water partition coefficient (Wildman–Crippen LogP) is 0.685. The van der Waals surface area contributed by atoms with Gasteiger partial charge in [-0.05, 0) is 27.4 Å². The lowest BCUT2D eigenvalue weighted by atomic mass is 10.4. The molecule has 2 aliphatic rings. The van der Waals surface area contributed by atoms with Gasteiger partial charge in [0.2, 0.25) is 0 Å². The molecule has 2 unspecified atom stereocenters. The van der Waals surface area contributed by atoms with Gasteiger partial charge in [0.05, 0.1) is 25.4 Å². The van der Waals surface area contributed by atoms with Crippen LogP contribution in [0.25, 0.3) is 0 Å². The fourth-order valence-electron chi connectivity index (χ4n) is 2.83. The van der Waals surface area contributed by atoms with E-state index in [9.17, 15) is 0 Å². The molecule has 0 aromatic heterocycles. The molecule has 0 aromatic carbocycles. The van der Waals surface area contributed by atoms with Gasteiger partial charge in [-0.3, -0.25) is 4.90 Å². The molecule has 6 heteroatoms. The van der Waals surface area contributed by atoms with Crippen molar-refractivity contribution < 1.29 is 13.6 Å². The average molecular weight is 288 g/mol. The Kier molecular flexibility index (Phi) is 5.39. The zero-order valence-corrected chi connectivity index (χ0v) is 13.7. The SMILES string of the molecule is CC1COCC(C)O[Si](C)(CN2CCN(C)CC2)O1. The highest BCUT2D eigenvalue weighted by atomic mass is 28.4. The normalized spacial score (nSPS) is 39.8. The van der Waals surface area contributed by atoms with Crippen molar-refractivity contribution in [2.45, 2.75) is 32.6 Å². The van der Waals surface area contributed by atoms with Crippen LogP contribution in [-0.4, -0.2) is 83.2 Å². The summed E-state index contributed by atoms with van der Waals surface area (Å²) < 4.78 is 18.0. The number of likely N-dealkylation sites (N-methyl/N-ethyl adjacent to an activating group) is 1. The Labute approximate surface area is 118 Å². The van der Waals surface area contributed by atoms with Crippen LogP contribution in [0.5, 0.6) is 0 Å². The van der Waals surface area contributed by atoms with E-state index in [1.165, 1.54) is 0 Å². The van der Waals surface area contributed by atoms with Crippen molar-refractivity contribution >= 4 is 8.56 Å². The van der Waals surface area contributed by atoms with E-state index in [1.807, 2.05) is 0 Å². The molecule has 2 aliphatic heterocycles. The van der Waals surface area contributed by atoms with Crippen molar-refractivity contribution in [3.63, 3.8) is 0 Å². The van der Waals surface area contributed by atoms with Crippen LogP contribution in [0.2, 0.25) is 6.55 Å². The maximum atomic E-state index is 6.22. The zero-order valence-electron chi connectivity index (χ0n) is 12.7. The van der Waals surface area contributed by atoms with Crippen LogP contribution in [0.3, 0.4) is 0 Å². The molecule has 0 radical (unpaired) electrons. The summed E-state index contributed by atoms with van der Waals surface area (Å²) in [5, 5.41) is 0. The van der Waals surface area contributed by atoms with E-state index in [0.717, 1.165) is 32.3 Å². The molecule has 0 aliphatic carbocycles. The number of hydrogen-bond donors (Lipinski definition) is 0. The van der Waals surface area contributed by atoms with E-state index in [1.54, 1.807) is 0 Å². The highest BCUT2D eigenvalue weighted by molar-refractivity contribution is 6.66. The Balaban J connectivity index is 1.93. The Morgan fingerprint density at radius 3 is 2.05 bits per heavy atom. The van der Waals surface area contributed by atoms with E-state index in [2.05, 4.69) is 37.2 Å². The summed E-state index contributed by atoms with van der Waals surface area (Å²) in [7, 11) is 0.0540. The fourth-order valence-corrected chi connectivity index (χ4v) is 6.01. The third-order valence-corrected chi connectivity index (χ3v) is 6.54. The van der Waals surface area contributed by atoms with Crippen molar-refractivity contribution in [3.05, 3.63) is 0 Å². The number of rotatable bonds is 2. The van der Waals surface area contributed by atoms with E-state index in [-0.39, 0.29) is 12.2 Å². The quantitative estimate of drug-likeness (QED) is 0.698. The molecule has 112 valence electrons. The molecule has 0 bridgehead atoms. The first-order chi connectivity index (χ1) is 8.97. The molecule has 2 saturated heterocycles. The molecule has 5 nitrogen and oxygen atoms in total. The minimum absolute atomic E-state index is 0.136. The summed E-state index contributed by atoms with van der Waals surface area (Å²) in [6.45, 7) is 12.2. The smallest absolute Gasteiger partial charge is 0.350 e. The van der Waals surface area contributed by atoms with Gasteiger partial charge < -0.3 is 18.5 Å². The monoisotopic (exact) mass is 288 g/mol. The topological polar surface area (TPSA) is 34.2 Å². The molecular formula is C13H28N2O3Si. The molecule has 0 N–H and O–H groups in total. The number of nitrogens with zero attached hydrogens (tertiary/aromatic N) is 2. The molecule has 2 fully saturated rings. The maximum absolute atomic E-state index is 6.22. The molecular weight excluding hydrogens is 260 g/mol. The van der Waals surface area contributed by atoms with Gasteiger partial charge in [-0.15, -0.1) is 0 Å². The number of piperazine rings is 1. The van der Waals surface area contributed by atoms with Gasteiger partial charge in [-0.1, -0.05) is 0 Å². The number of hydrogen-bond acceptors (Lipinski definition) is 5. The molecule has 2 rings (SSSR count). The average Bonchev–Trinajstić information content (AvgIpc) is 2.30. The second-order valence-corrected chi connectivity index (χ2v) is 9.16. The van der Waals surface area contributed by atoms with Gasteiger partial charge >= 0.3 is 8.56 Å². The summed E-state index contributed by atoms with van der Waals surface area (Å²) in [5.41, 5.74) is 0. The molecule has 2 heterocycles. The third-order valence-electron chi connectivity index (χ3n) is 3.71. The van der Waals surface area contributed by atoms with Crippen molar-refractivity contribution in [1.29, 1.82) is 0 Å². The van der Waals surface area contributed by atoms with Crippen LogP contribution in [0.15, 0.2) is 0 Å². The van der Waals surface area contributed by atoms with Gasteiger partial charge in [0.15, 0.2) is 0 Å². The van der Waals surface area contributed by atoms with Gasteiger partial charge in [0.1, 0.15) is 0 Å². The van der Waals surface area contributed by atoms with Crippen LogP contribution in [0.4, 0.5) is 0 Å². The molecule has 2 atom stereocenters. The Hall–Kier alpha value is 0.0169. The van der Waals surface area contributed by atoms with Crippen molar-refractivity contribution in [2.75, 3.05) is 52.6 Å². The Morgan fingerprint density at radius 1 is 1.00 bits per heavy atom. The molecule has 19 heavy (non-hydrogen) atoms. The first kappa shape index (κ1) is 15.4. The summed E-state index contributed by atoms with van der Waals surface area (Å²) in [5.74, 6) is 0. The van der Waals surface area contributed by atoms with Crippen LogP contribution in [0, 0.1) is 0 Å². The van der Waals surface area contributed by atoms with E-state index >= 15 is 0 Å². The fraction of sp³-hybridized carbons (Fsp3) is 1.00. The van der Waals surface area contributed by atoms with Crippen LogP contribution in [-0.2, 0) is 13.6 Å². The summed E-state index contributed by atoms with van der Waals surface area (Å²) >= 11 is 0. The zero-order chi connectivity index (χ0) is 13.9. The van der Waals surface area contributed by atoms with Crippen molar-refractivity contribution in [3.8, 4) is 0 Å². The summed E-state index contributed by atoms with van der Waals surface area (Å²) in [6.07, 6.45) is 1.24. The molecule has 0 amide bonds. The first-order valence-corrected chi connectivity index (χ1v) is 9.83. The second-order valence-electron chi connectivity index (χ2n) is 6.11. The second kappa shape index (κ2) is 6.65. The third kappa shape index (κ3) is 4.80. The minimum atomic E-state index is -2.13. The van der Waals surface area contributed by atoms with Gasteiger partial charge in [0.25, 0.3) is 0 Å². The molecule has 0 spiro atoms. The van der Waals surface area contributed by atoms with Crippen LogP contribution >= 0.6 is 0 Å². The van der Waals surface area contributed by atoms with Crippen LogP contribution in [0.1, 0.15) is 13.8 Å². The lowest BCUT2D eigenvalue weighted by Crippen LogP contribution is -2.58. The van der Waals surface area contributed by atoms with Gasteiger partial charge in [-0.25, -0.2) is 0 Å². The van der Waals surface area contributed by atoms with Crippen molar-refractivity contribution in [2.24, 2.45) is 0 Å². The Bertz CT molecular complexity index is 273. The first-order valence-electron chi connectivity index (χ1n) is 7.31. The molecule has 0 saturated carbocycles. The Morgan fingerprint density at radius 2 is 1.53 bits per heavy atom. The van der Waals surface area contributed by atoms with Gasteiger partial charge in [-0.2, -0.15) is 0 Å². The van der Waals surface area contributed by atoms with E-state index in [4.69, 9.17) is 13.6 Å². The predicted molar refractivity (Wildman–Crippen MR) is 77.5 cm³/mol. The number of ether oxygens (including phenoxy) is 1. The van der Waals surface area contributed by atoms with Crippen LogP contribution < -0.4 is 0 Å². The summed E-state index contributed by atoms with van der Waals surface area (Å²) in [6, 6.07) is 0. The molecule has 0 aromatic rings. The largest absolute Gasteiger partial charge is 0.388 e. The minimum Gasteiger partial charge on any atom is -0.388 e. The van der Waals surface area contributed by atoms with Gasteiger partial charge in [0, 0.05) is 32.3 Å². The standard InChI is InChI=1S/C13H28N2O3Si/c1-12-9-16-10-13(2)18-19(4,17-12)11-15-7-5-14(3)6-8-15/h12-13H,5-11H2,1-4H3. The lowest BCUT2D eigenvalue weighted by Gasteiger charge is -2.40. The highest BCUT2D eigenvalue weighted by Gasteiger charge is 2.39. The van der Waals surface area contributed by atoms with E-state index in [0.29, 0.717) is 13.2 Å². The summed E-state index contributed by atoms with van der Waals surface area (Å²) in [4.78, 5) is 4.87. The van der Waals surface area contributed by atoms with E-state index < -0.39 is 8.56 Å².